The largest absolute Gasteiger partial charge is 0.497 e. The first-order valence-electron chi connectivity index (χ1n) is 10.6. The fourth-order valence-electron chi connectivity index (χ4n) is 3.94. The van der Waals surface area contributed by atoms with E-state index in [9.17, 15) is 4.79 Å². The molecule has 0 atom stereocenters. The molecule has 1 saturated heterocycles. The molecule has 2 N–H and O–H groups in total. The first-order chi connectivity index (χ1) is 15.7. The van der Waals surface area contributed by atoms with Gasteiger partial charge in [0.15, 0.2) is 5.65 Å². The summed E-state index contributed by atoms with van der Waals surface area (Å²) >= 11 is 0. The number of methoxy groups -OCH3 is 1. The number of aromatic nitrogens is 3. The van der Waals surface area contributed by atoms with Gasteiger partial charge in [0.2, 0.25) is 0 Å². The third-order valence-electron chi connectivity index (χ3n) is 5.59. The molecule has 1 fully saturated rings. The second kappa shape index (κ2) is 8.68. The van der Waals surface area contributed by atoms with Gasteiger partial charge in [-0.25, -0.2) is 9.50 Å². The molecule has 32 heavy (non-hydrogen) atoms. The molecule has 0 unspecified atom stereocenters. The number of carbonyl (C=O) groups excluding carboxylic acids is 1. The Kier molecular flexibility index (Phi) is 5.43. The van der Waals surface area contributed by atoms with Crippen molar-refractivity contribution in [2.24, 2.45) is 0 Å². The monoisotopic (exact) mass is 428 g/mol. The molecule has 4 aromatic rings. The summed E-state index contributed by atoms with van der Waals surface area (Å²) < 4.78 is 7.00. The SMILES string of the molecule is COc1cccc(-c2cnn3ccc(C(=O)Nc4ccccc4N4CCNCC4)nc23)c1. The van der Waals surface area contributed by atoms with E-state index >= 15 is 0 Å². The van der Waals surface area contributed by atoms with E-state index in [4.69, 9.17) is 4.74 Å². The first kappa shape index (κ1) is 20.0. The predicted molar refractivity (Wildman–Crippen MR) is 124 cm³/mol. The molecule has 8 nitrogen and oxygen atoms in total. The lowest BCUT2D eigenvalue weighted by Gasteiger charge is -2.31. The predicted octanol–water partition coefficient (Wildman–Crippen LogP) is 3.07. The quantitative estimate of drug-likeness (QED) is 0.508. The van der Waals surface area contributed by atoms with E-state index in [1.54, 1.807) is 30.1 Å². The minimum Gasteiger partial charge on any atom is -0.497 e. The number of benzene rings is 2. The van der Waals surface area contributed by atoms with E-state index in [0.717, 1.165) is 54.4 Å². The minimum atomic E-state index is -0.257. The van der Waals surface area contributed by atoms with Gasteiger partial charge in [0, 0.05) is 37.9 Å². The van der Waals surface area contributed by atoms with Crippen LogP contribution in [0.15, 0.2) is 67.0 Å². The fraction of sp³-hybridized carbons (Fsp3) is 0.208. The molecule has 162 valence electrons. The lowest BCUT2D eigenvalue weighted by Crippen LogP contribution is -2.43. The zero-order valence-electron chi connectivity index (χ0n) is 17.8. The van der Waals surface area contributed by atoms with Crippen LogP contribution in [0.25, 0.3) is 16.8 Å². The van der Waals surface area contributed by atoms with Crippen molar-refractivity contribution in [2.75, 3.05) is 43.5 Å². The molecule has 3 heterocycles. The number of hydrogen-bond donors (Lipinski definition) is 2. The van der Waals surface area contributed by atoms with Crippen molar-refractivity contribution >= 4 is 22.9 Å². The van der Waals surface area contributed by atoms with E-state index < -0.39 is 0 Å². The van der Waals surface area contributed by atoms with Crippen LogP contribution < -0.4 is 20.3 Å². The second-order valence-electron chi connectivity index (χ2n) is 7.58. The first-order valence-corrected chi connectivity index (χ1v) is 10.6. The molecular weight excluding hydrogens is 404 g/mol. The van der Waals surface area contributed by atoms with Crippen LogP contribution in [-0.4, -0.2) is 53.8 Å². The maximum absolute atomic E-state index is 13.1. The molecule has 0 spiro atoms. The number of nitrogens with one attached hydrogen (secondary N) is 2. The summed E-state index contributed by atoms with van der Waals surface area (Å²) in [6.45, 7) is 3.65. The van der Waals surface area contributed by atoms with Gasteiger partial charge < -0.3 is 20.3 Å². The van der Waals surface area contributed by atoms with Crippen molar-refractivity contribution in [3.63, 3.8) is 0 Å². The van der Waals surface area contributed by atoms with Crippen LogP contribution >= 0.6 is 0 Å². The Morgan fingerprint density at radius 3 is 2.78 bits per heavy atom. The van der Waals surface area contributed by atoms with Crippen molar-refractivity contribution in [2.45, 2.75) is 0 Å². The number of amides is 1. The van der Waals surface area contributed by atoms with Crippen molar-refractivity contribution in [3.05, 3.63) is 72.7 Å². The average Bonchev–Trinajstić information content (AvgIpc) is 3.28. The summed E-state index contributed by atoms with van der Waals surface area (Å²) in [5.41, 5.74) is 4.50. The number of piperazine rings is 1. The van der Waals surface area contributed by atoms with Crippen LogP contribution in [0.4, 0.5) is 11.4 Å². The van der Waals surface area contributed by atoms with Gasteiger partial charge in [0.05, 0.1) is 24.7 Å². The van der Waals surface area contributed by atoms with Crippen LogP contribution in [0, 0.1) is 0 Å². The number of hydrogen-bond acceptors (Lipinski definition) is 6. The smallest absolute Gasteiger partial charge is 0.274 e. The summed E-state index contributed by atoms with van der Waals surface area (Å²) in [7, 11) is 1.63. The molecule has 0 radical (unpaired) electrons. The van der Waals surface area contributed by atoms with Crippen LogP contribution in [0.2, 0.25) is 0 Å². The van der Waals surface area contributed by atoms with Gasteiger partial charge >= 0.3 is 0 Å². The van der Waals surface area contributed by atoms with Crippen LogP contribution in [-0.2, 0) is 0 Å². The van der Waals surface area contributed by atoms with E-state index in [1.165, 1.54) is 0 Å². The molecular formula is C24H24N6O2. The Bertz CT molecular complexity index is 1260. The van der Waals surface area contributed by atoms with Crippen LogP contribution in [0.3, 0.4) is 0 Å². The maximum Gasteiger partial charge on any atom is 0.274 e. The van der Waals surface area contributed by atoms with Crippen LogP contribution in [0.1, 0.15) is 10.5 Å². The zero-order chi connectivity index (χ0) is 21.9. The summed E-state index contributed by atoms with van der Waals surface area (Å²) in [6.07, 6.45) is 3.50. The summed E-state index contributed by atoms with van der Waals surface area (Å²) in [5, 5.41) is 10.8. The van der Waals surface area contributed by atoms with Crippen molar-refractivity contribution < 1.29 is 9.53 Å². The lowest BCUT2D eigenvalue weighted by atomic mass is 10.1. The van der Waals surface area contributed by atoms with Crippen molar-refractivity contribution in [1.82, 2.24) is 19.9 Å². The van der Waals surface area contributed by atoms with Gasteiger partial charge in [-0.1, -0.05) is 24.3 Å². The molecule has 2 aromatic heterocycles. The maximum atomic E-state index is 13.1. The molecule has 0 saturated carbocycles. The molecule has 5 rings (SSSR count). The van der Waals surface area contributed by atoms with Gasteiger partial charge in [-0.2, -0.15) is 5.10 Å². The summed E-state index contributed by atoms with van der Waals surface area (Å²) in [6, 6.07) is 17.3. The molecule has 2 aromatic carbocycles. The third-order valence-corrected chi connectivity index (χ3v) is 5.59. The summed E-state index contributed by atoms with van der Waals surface area (Å²) in [5.74, 6) is 0.494. The number of carbonyl (C=O) groups is 1. The van der Waals surface area contributed by atoms with Gasteiger partial charge in [-0.05, 0) is 35.9 Å². The minimum absolute atomic E-state index is 0.257. The van der Waals surface area contributed by atoms with Gasteiger partial charge in [-0.3, -0.25) is 4.79 Å². The Balaban J connectivity index is 1.45. The standard InChI is InChI=1S/C24H24N6O2/c1-32-18-6-4-5-17(15-18)19-16-26-30-12-9-21(27-23(19)30)24(31)28-20-7-2-3-8-22(20)29-13-10-25-11-14-29/h2-9,12,15-16,25H,10-11,13-14H2,1H3,(H,28,31). The normalized spacial score (nSPS) is 13.8. The second-order valence-corrected chi connectivity index (χ2v) is 7.58. The number of para-hydroxylation sites is 2. The Hall–Kier alpha value is -3.91. The average molecular weight is 428 g/mol. The number of fused-ring (bicyclic) bond motifs is 1. The molecule has 1 aliphatic rings. The van der Waals surface area contributed by atoms with E-state index in [-0.39, 0.29) is 5.91 Å². The summed E-state index contributed by atoms with van der Waals surface area (Å²) in [4.78, 5) is 20.0. The van der Waals surface area contributed by atoms with Crippen LogP contribution in [0.5, 0.6) is 5.75 Å². The molecule has 0 bridgehead atoms. The highest BCUT2D eigenvalue weighted by molar-refractivity contribution is 6.05. The van der Waals surface area contributed by atoms with Crippen molar-refractivity contribution in [1.29, 1.82) is 0 Å². The zero-order valence-corrected chi connectivity index (χ0v) is 17.8. The molecule has 0 aliphatic carbocycles. The topological polar surface area (TPSA) is 83.8 Å². The van der Waals surface area contributed by atoms with Gasteiger partial charge in [0.1, 0.15) is 11.4 Å². The number of anilines is 2. The Labute approximate surface area is 185 Å². The number of rotatable bonds is 5. The van der Waals surface area contributed by atoms with E-state index in [0.29, 0.717) is 11.3 Å². The van der Waals surface area contributed by atoms with Gasteiger partial charge in [-0.15, -0.1) is 0 Å². The Morgan fingerprint density at radius 1 is 1.09 bits per heavy atom. The fourth-order valence-corrected chi connectivity index (χ4v) is 3.94. The highest BCUT2D eigenvalue weighted by Crippen LogP contribution is 2.28. The van der Waals surface area contributed by atoms with E-state index in [2.05, 4.69) is 25.6 Å². The Morgan fingerprint density at radius 2 is 1.94 bits per heavy atom. The molecule has 1 aliphatic heterocycles. The molecule has 8 heteroatoms. The van der Waals surface area contributed by atoms with Gasteiger partial charge in [0.25, 0.3) is 5.91 Å². The lowest BCUT2D eigenvalue weighted by molar-refractivity contribution is 0.102. The molecule has 1 amide bonds. The van der Waals surface area contributed by atoms with E-state index in [1.807, 2.05) is 48.5 Å². The third kappa shape index (κ3) is 3.88. The highest BCUT2D eigenvalue weighted by atomic mass is 16.5. The number of nitrogens with zero attached hydrogens (tertiary/aromatic N) is 4. The van der Waals surface area contributed by atoms with Crippen molar-refractivity contribution in [3.8, 4) is 16.9 Å². The highest BCUT2D eigenvalue weighted by Gasteiger charge is 2.18. The number of ether oxygens (including phenoxy) is 1.